The van der Waals surface area contributed by atoms with Crippen LogP contribution in [0.4, 0.5) is 0 Å². The Hall–Kier alpha value is -10.2. The quantitative estimate of drug-likeness (QED) is 0.133. The van der Waals surface area contributed by atoms with Crippen LogP contribution in [0.2, 0.25) is 0 Å². The summed E-state index contributed by atoms with van der Waals surface area (Å²) in [5.74, 6) is 3.09. The van der Waals surface area contributed by atoms with Crippen LogP contribution in [-0.4, -0.2) is 59.8 Å². The zero-order valence-electron chi connectivity index (χ0n) is 38.0. The zero-order chi connectivity index (χ0) is 47.5. The van der Waals surface area contributed by atoms with Crippen LogP contribution >= 0.6 is 0 Å². The summed E-state index contributed by atoms with van der Waals surface area (Å²) in [5, 5.41) is 6.28. The lowest BCUT2D eigenvalue weighted by atomic mass is 9.89. The summed E-state index contributed by atoms with van der Waals surface area (Å²) >= 11 is 0. The molecule has 14 aromatic rings. The molecular formula is C60H34N12. The molecule has 0 aliphatic heterocycles. The molecule has 14 rings (SSSR count). The second-order valence-corrected chi connectivity index (χ2v) is 17.4. The summed E-state index contributed by atoms with van der Waals surface area (Å²) in [7, 11) is 0. The van der Waals surface area contributed by atoms with E-state index in [9.17, 15) is 0 Å². The van der Waals surface area contributed by atoms with Gasteiger partial charge >= 0.3 is 0 Å². The van der Waals surface area contributed by atoms with E-state index in [1.807, 2.05) is 85.2 Å². The summed E-state index contributed by atoms with van der Waals surface area (Å²) in [6.07, 6.45) is 14.0. The second kappa shape index (κ2) is 16.8. The van der Waals surface area contributed by atoms with E-state index in [1.165, 1.54) is 0 Å². The molecule has 8 aromatic carbocycles. The standard InChI is InChI=1S/C60H34N12/c1-7-37(41-11-5-25-61-33-41)31-39(9-1)55-67-56(40-10-2-8-38(32-40)42-12-6-26-62-34-42)69-57(68-55)45-23-19-35-18-22-44-46(24-20-36-17-21-43(45)51(35)52(36)44)58-70-59(47-13-3-15-49-53(47)65-29-27-63-49)72-60(71-58)48-14-4-16-50-54(48)66-30-28-64-50/h1-34H. The van der Waals surface area contributed by atoms with Crippen molar-refractivity contribution in [2.45, 2.75) is 0 Å². The first kappa shape index (κ1) is 40.8. The number of benzene rings is 8. The second-order valence-electron chi connectivity index (χ2n) is 17.4. The Balaban J connectivity index is 0.974. The molecule has 0 saturated carbocycles. The van der Waals surface area contributed by atoms with Crippen LogP contribution in [0.15, 0.2) is 207 Å². The number of rotatable bonds is 8. The van der Waals surface area contributed by atoms with Crippen molar-refractivity contribution in [1.82, 2.24) is 59.8 Å². The molecule has 0 fully saturated rings. The summed E-state index contributed by atoms with van der Waals surface area (Å²) in [6, 6.07) is 53.4. The van der Waals surface area contributed by atoms with Gasteiger partial charge in [-0.2, -0.15) is 0 Å². The third-order valence-electron chi connectivity index (χ3n) is 13.1. The van der Waals surface area contributed by atoms with Gasteiger partial charge in [0.25, 0.3) is 0 Å². The molecule has 334 valence electrons. The Morgan fingerprint density at radius 2 is 0.653 bits per heavy atom. The molecule has 0 atom stereocenters. The van der Waals surface area contributed by atoms with Gasteiger partial charge in [0.1, 0.15) is 0 Å². The highest BCUT2D eigenvalue weighted by molar-refractivity contribution is 6.27. The maximum Gasteiger partial charge on any atom is 0.166 e. The number of fused-ring (bicyclic) bond motifs is 2. The first-order valence-corrected chi connectivity index (χ1v) is 23.3. The van der Waals surface area contributed by atoms with Crippen LogP contribution in [0.5, 0.6) is 0 Å². The molecule has 0 spiro atoms. The van der Waals surface area contributed by atoms with Crippen molar-refractivity contribution >= 4 is 54.4 Å². The molecule has 12 heteroatoms. The minimum absolute atomic E-state index is 0.466. The van der Waals surface area contributed by atoms with E-state index >= 15 is 0 Å². The fourth-order valence-corrected chi connectivity index (χ4v) is 9.77. The topological polar surface area (TPSA) is 155 Å². The smallest absolute Gasteiger partial charge is 0.166 e. The van der Waals surface area contributed by atoms with Crippen LogP contribution in [0.1, 0.15) is 0 Å². The van der Waals surface area contributed by atoms with Gasteiger partial charge in [-0.25, -0.2) is 29.9 Å². The van der Waals surface area contributed by atoms with Crippen molar-refractivity contribution in [3.63, 3.8) is 0 Å². The summed E-state index contributed by atoms with van der Waals surface area (Å²) < 4.78 is 0. The van der Waals surface area contributed by atoms with E-state index in [1.54, 1.807) is 37.2 Å². The Morgan fingerprint density at radius 1 is 0.264 bits per heavy atom. The van der Waals surface area contributed by atoms with E-state index in [0.717, 1.165) is 99.0 Å². The Kier molecular flexibility index (Phi) is 9.52. The zero-order valence-corrected chi connectivity index (χ0v) is 38.0. The Bertz CT molecular complexity index is 4210. The summed E-state index contributed by atoms with van der Waals surface area (Å²) in [6.45, 7) is 0. The number of hydrogen-bond acceptors (Lipinski definition) is 12. The van der Waals surface area contributed by atoms with Crippen LogP contribution in [0.25, 0.3) is 145 Å². The highest BCUT2D eigenvalue weighted by Gasteiger charge is 2.22. The van der Waals surface area contributed by atoms with Gasteiger partial charge in [-0.1, -0.05) is 97.1 Å². The number of hydrogen-bond donors (Lipinski definition) is 0. The van der Waals surface area contributed by atoms with Crippen LogP contribution in [0.3, 0.4) is 0 Å². The number of nitrogens with zero attached hydrogens (tertiary/aromatic N) is 12. The monoisotopic (exact) mass is 922 g/mol. The molecule has 0 radical (unpaired) electrons. The van der Waals surface area contributed by atoms with E-state index in [4.69, 9.17) is 39.9 Å². The fraction of sp³-hybridized carbons (Fsp3) is 0. The van der Waals surface area contributed by atoms with E-state index in [2.05, 4.69) is 105 Å². The average molecular weight is 923 g/mol. The molecule has 0 unspecified atom stereocenters. The summed E-state index contributed by atoms with van der Waals surface area (Å²) in [5.41, 5.74) is 11.8. The minimum atomic E-state index is 0.466. The van der Waals surface area contributed by atoms with Gasteiger partial charge in [0.05, 0.1) is 22.1 Å². The predicted octanol–water partition coefficient (Wildman–Crippen LogP) is 13.0. The summed E-state index contributed by atoms with van der Waals surface area (Å²) in [4.78, 5) is 58.8. The lowest BCUT2D eigenvalue weighted by molar-refractivity contribution is 1.08. The van der Waals surface area contributed by atoms with Gasteiger partial charge in [0.15, 0.2) is 34.9 Å². The predicted molar refractivity (Wildman–Crippen MR) is 282 cm³/mol. The first-order chi connectivity index (χ1) is 35.7. The van der Waals surface area contributed by atoms with Gasteiger partial charge in [-0.05, 0) is 104 Å². The molecule has 6 aromatic heterocycles. The van der Waals surface area contributed by atoms with Gasteiger partial charge in [0, 0.05) is 94.1 Å². The number of aromatic nitrogens is 12. The third kappa shape index (κ3) is 7.01. The molecular weight excluding hydrogens is 889 g/mol. The molecule has 0 bridgehead atoms. The molecule has 6 heterocycles. The minimum Gasteiger partial charge on any atom is -0.264 e. The first-order valence-electron chi connectivity index (χ1n) is 23.3. The molecule has 72 heavy (non-hydrogen) atoms. The fourth-order valence-electron chi connectivity index (χ4n) is 9.77. The SMILES string of the molecule is c1cncc(-c2cccc(-c3nc(-c4cccc(-c5cccnc5)c4)nc(-c4ccc5ccc6c(-c7nc(-c8cccc9nccnc89)nc(-c8cccc9nccnc89)n7)ccc7ccc4c5c76)n3)c2)c1. The molecule has 0 aliphatic carbocycles. The maximum absolute atomic E-state index is 5.29. The van der Waals surface area contributed by atoms with Crippen molar-refractivity contribution in [2.24, 2.45) is 0 Å². The largest absolute Gasteiger partial charge is 0.264 e. The van der Waals surface area contributed by atoms with E-state index < -0.39 is 0 Å². The van der Waals surface area contributed by atoms with Gasteiger partial charge in [-0.3, -0.25) is 29.9 Å². The lowest BCUT2D eigenvalue weighted by Gasteiger charge is -2.17. The average Bonchev–Trinajstić information content (AvgIpc) is 3.46. The molecule has 0 aliphatic rings. The highest BCUT2D eigenvalue weighted by Crippen LogP contribution is 2.43. The molecule has 12 nitrogen and oxygen atoms in total. The maximum atomic E-state index is 5.29. The molecule has 0 amide bonds. The van der Waals surface area contributed by atoms with Crippen LogP contribution < -0.4 is 0 Å². The number of para-hydroxylation sites is 2. The van der Waals surface area contributed by atoms with Crippen molar-refractivity contribution in [3.05, 3.63) is 207 Å². The van der Waals surface area contributed by atoms with Crippen LogP contribution in [0, 0.1) is 0 Å². The third-order valence-corrected chi connectivity index (χ3v) is 13.1. The van der Waals surface area contributed by atoms with Gasteiger partial charge in [-0.15, -0.1) is 0 Å². The van der Waals surface area contributed by atoms with Crippen molar-refractivity contribution in [2.75, 3.05) is 0 Å². The number of pyridine rings is 2. The normalized spacial score (nSPS) is 11.6. The molecule has 0 saturated heterocycles. The van der Waals surface area contributed by atoms with Crippen molar-refractivity contribution in [1.29, 1.82) is 0 Å². The van der Waals surface area contributed by atoms with E-state index in [0.29, 0.717) is 46.0 Å². The van der Waals surface area contributed by atoms with E-state index in [-0.39, 0.29) is 0 Å². The van der Waals surface area contributed by atoms with Crippen molar-refractivity contribution < 1.29 is 0 Å². The van der Waals surface area contributed by atoms with Crippen molar-refractivity contribution in [3.8, 4) is 90.6 Å². The van der Waals surface area contributed by atoms with Crippen LogP contribution in [-0.2, 0) is 0 Å². The van der Waals surface area contributed by atoms with Gasteiger partial charge < -0.3 is 0 Å². The van der Waals surface area contributed by atoms with Gasteiger partial charge in [0.2, 0.25) is 0 Å². The lowest BCUT2D eigenvalue weighted by Crippen LogP contribution is -2.02. The molecule has 0 N–H and O–H groups in total. The highest BCUT2D eigenvalue weighted by atomic mass is 15.0. The Morgan fingerprint density at radius 3 is 1.12 bits per heavy atom. The Labute approximate surface area is 410 Å².